The fourth-order valence-electron chi connectivity index (χ4n) is 3.36. The number of fused-ring (bicyclic) bond motifs is 1. The lowest BCUT2D eigenvalue weighted by atomic mass is 10.1. The Morgan fingerprint density at radius 3 is 2.93 bits per heavy atom. The van der Waals surface area contributed by atoms with Gasteiger partial charge in [-0.3, -0.25) is 4.98 Å². The average molecular weight is 371 g/mol. The number of aromatic nitrogens is 4. The second-order valence-electron chi connectivity index (χ2n) is 6.76. The summed E-state index contributed by atoms with van der Waals surface area (Å²) in [5.74, 6) is 2.32. The normalized spacial score (nSPS) is 14.0. The highest BCUT2D eigenvalue weighted by Crippen LogP contribution is 2.26. The summed E-state index contributed by atoms with van der Waals surface area (Å²) in [6.45, 7) is 1.27. The number of ether oxygens (including phenoxy) is 1. The molecule has 3 heterocycles. The van der Waals surface area contributed by atoms with Gasteiger partial charge in [-0.05, 0) is 31.1 Å². The van der Waals surface area contributed by atoms with Crippen LogP contribution in [0.1, 0.15) is 42.0 Å². The van der Waals surface area contributed by atoms with Crippen molar-refractivity contribution in [1.29, 1.82) is 5.26 Å². The van der Waals surface area contributed by atoms with Crippen LogP contribution >= 0.6 is 0 Å². The maximum Gasteiger partial charge on any atom is 0.174 e. The van der Waals surface area contributed by atoms with Crippen molar-refractivity contribution < 1.29 is 4.74 Å². The van der Waals surface area contributed by atoms with Crippen molar-refractivity contribution in [3.8, 4) is 11.8 Å². The number of hydrogen-bond acceptors (Lipinski definition) is 5. The van der Waals surface area contributed by atoms with Crippen molar-refractivity contribution in [3.63, 3.8) is 0 Å². The number of pyridine rings is 1. The van der Waals surface area contributed by atoms with Crippen molar-refractivity contribution >= 4 is 11.6 Å². The standard InChI is InChI=1S/C22H21N5O/c23-14-19(22-26-25-21-10-2-1-5-12-27(21)22)13-18-8-3-4-9-20(18)28-16-17-7-6-11-24-15-17/h3-4,6-9,11,13,15H,1-2,5,10,12,16H2/b19-13-. The predicted octanol–water partition coefficient (Wildman–Crippen LogP) is 4.04. The fourth-order valence-corrected chi connectivity index (χ4v) is 3.36. The Balaban J connectivity index is 1.63. The molecule has 2 aromatic heterocycles. The first-order valence-electron chi connectivity index (χ1n) is 9.50. The van der Waals surface area contributed by atoms with Gasteiger partial charge in [-0.1, -0.05) is 30.7 Å². The smallest absolute Gasteiger partial charge is 0.174 e. The zero-order valence-electron chi connectivity index (χ0n) is 15.6. The number of benzene rings is 1. The second-order valence-corrected chi connectivity index (χ2v) is 6.76. The number of hydrogen-bond donors (Lipinski definition) is 0. The molecule has 0 bridgehead atoms. The Labute approximate surface area is 164 Å². The van der Waals surface area contributed by atoms with Gasteiger partial charge in [0.2, 0.25) is 0 Å². The largest absolute Gasteiger partial charge is 0.488 e. The predicted molar refractivity (Wildman–Crippen MR) is 106 cm³/mol. The van der Waals surface area contributed by atoms with E-state index >= 15 is 0 Å². The van der Waals surface area contributed by atoms with E-state index in [0.717, 1.165) is 48.5 Å². The molecule has 0 saturated heterocycles. The first-order valence-corrected chi connectivity index (χ1v) is 9.50. The minimum Gasteiger partial charge on any atom is -0.488 e. The molecule has 140 valence electrons. The van der Waals surface area contributed by atoms with E-state index in [4.69, 9.17) is 4.74 Å². The molecule has 0 spiro atoms. The van der Waals surface area contributed by atoms with E-state index in [0.29, 0.717) is 18.0 Å². The highest BCUT2D eigenvalue weighted by atomic mass is 16.5. The lowest BCUT2D eigenvalue weighted by Gasteiger charge is -2.10. The molecule has 0 N–H and O–H groups in total. The fraction of sp³-hybridized carbons (Fsp3) is 0.273. The number of nitrogens with zero attached hydrogens (tertiary/aromatic N) is 5. The number of aryl methyl sites for hydroxylation is 1. The van der Waals surface area contributed by atoms with Gasteiger partial charge < -0.3 is 9.30 Å². The monoisotopic (exact) mass is 371 g/mol. The maximum absolute atomic E-state index is 9.78. The number of allylic oxidation sites excluding steroid dienone is 1. The van der Waals surface area contributed by atoms with Gasteiger partial charge in [-0.25, -0.2) is 0 Å². The number of para-hydroxylation sites is 1. The van der Waals surface area contributed by atoms with Gasteiger partial charge in [0.25, 0.3) is 0 Å². The van der Waals surface area contributed by atoms with Crippen LogP contribution in [0.2, 0.25) is 0 Å². The van der Waals surface area contributed by atoms with E-state index in [9.17, 15) is 5.26 Å². The van der Waals surface area contributed by atoms with Gasteiger partial charge in [0, 0.05) is 36.5 Å². The van der Waals surface area contributed by atoms with Gasteiger partial charge in [-0.15, -0.1) is 10.2 Å². The van der Waals surface area contributed by atoms with Crippen LogP contribution in [0.5, 0.6) is 5.75 Å². The molecule has 0 amide bonds. The van der Waals surface area contributed by atoms with Gasteiger partial charge in [0.1, 0.15) is 24.3 Å². The van der Waals surface area contributed by atoms with Gasteiger partial charge in [0.15, 0.2) is 5.82 Å². The maximum atomic E-state index is 9.78. The number of rotatable bonds is 5. The lowest BCUT2D eigenvalue weighted by molar-refractivity contribution is 0.305. The molecular weight excluding hydrogens is 350 g/mol. The molecule has 1 aliphatic rings. The quantitative estimate of drug-likeness (QED) is 0.633. The molecular formula is C22H21N5O. The van der Waals surface area contributed by atoms with Crippen molar-refractivity contribution in [2.45, 2.75) is 38.8 Å². The highest BCUT2D eigenvalue weighted by molar-refractivity contribution is 5.88. The molecule has 3 aromatic rings. The summed E-state index contributed by atoms with van der Waals surface area (Å²) in [6.07, 6.45) is 9.65. The summed E-state index contributed by atoms with van der Waals surface area (Å²) >= 11 is 0. The second kappa shape index (κ2) is 8.49. The molecule has 0 aliphatic carbocycles. The first kappa shape index (κ1) is 17.9. The third-order valence-electron chi connectivity index (χ3n) is 4.81. The summed E-state index contributed by atoms with van der Waals surface area (Å²) in [5.41, 5.74) is 2.33. The molecule has 0 radical (unpaired) electrons. The summed E-state index contributed by atoms with van der Waals surface area (Å²) in [7, 11) is 0. The van der Waals surface area contributed by atoms with E-state index in [1.54, 1.807) is 12.4 Å². The van der Waals surface area contributed by atoms with Crippen molar-refractivity contribution in [1.82, 2.24) is 19.7 Å². The molecule has 4 rings (SSSR count). The van der Waals surface area contributed by atoms with Gasteiger partial charge in [-0.2, -0.15) is 5.26 Å². The van der Waals surface area contributed by atoms with Crippen molar-refractivity contribution in [3.05, 3.63) is 71.6 Å². The molecule has 28 heavy (non-hydrogen) atoms. The zero-order valence-corrected chi connectivity index (χ0v) is 15.6. The summed E-state index contributed by atoms with van der Waals surface area (Å²) in [5, 5.41) is 18.4. The molecule has 0 unspecified atom stereocenters. The van der Waals surface area contributed by atoms with Crippen LogP contribution in [0, 0.1) is 11.3 Å². The minimum atomic E-state index is 0.418. The lowest BCUT2D eigenvalue weighted by Crippen LogP contribution is -2.05. The van der Waals surface area contributed by atoms with Crippen LogP contribution in [0.3, 0.4) is 0 Å². The zero-order chi connectivity index (χ0) is 19.2. The van der Waals surface area contributed by atoms with E-state index in [1.165, 1.54) is 6.42 Å². The Morgan fingerprint density at radius 1 is 1.14 bits per heavy atom. The number of nitriles is 1. The topological polar surface area (TPSA) is 76.6 Å². The van der Waals surface area contributed by atoms with Gasteiger partial charge in [0.05, 0.1) is 5.57 Å². The Morgan fingerprint density at radius 2 is 2.07 bits per heavy atom. The first-order chi connectivity index (χ1) is 13.8. The van der Waals surface area contributed by atoms with E-state index in [1.807, 2.05) is 42.5 Å². The Hall–Kier alpha value is -3.46. The van der Waals surface area contributed by atoms with Crippen LogP contribution in [0.25, 0.3) is 11.6 Å². The summed E-state index contributed by atoms with van der Waals surface area (Å²) in [6, 6.07) is 13.8. The summed E-state index contributed by atoms with van der Waals surface area (Å²) < 4.78 is 8.07. The molecule has 1 aromatic carbocycles. The van der Waals surface area contributed by atoms with Crippen LogP contribution < -0.4 is 4.74 Å². The van der Waals surface area contributed by atoms with Crippen molar-refractivity contribution in [2.24, 2.45) is 0 Å². The van der Waals surface area contributed by atoms with E-state index in [-0.39, 0.29) is 0 Å². The van der Waals surface area contributed by atoms with Crippen molar-refractivity contribution in [2.75, 3.05) is 0 Å². The molecule has 0 atom stereocenters. The summed E-state index contributed by atoms with van der Waals surface area (Å²) in [4.78, 5) is 4.11. The third-order valence-corrected chi connectivity index (χ3v) is 4.81. The molecule has 6 heteroatoms. The van der Waals surface area contributed by atoms with Crippen LogP contribution in [-0.2, 0) is 19.6 Å². The van der Waals surface area contributed by atoms with Crippen LogP contribution in [-0.4, -0.2) is 19.7 Å². The van der Waals surface area contributed by atoms with Gasteiger partial charge >= 0.3 is 0 Å². The Bertz CT molecular complexity index is 1020. The average Bonchev–Trinajstić information content (AvgIpc) is 2.99. The SMILES string of the molecule is N#C/C(=C/c1ccccc1OCc1cccnc1)c1nnc2n1CCCCC2. The van der Waals surface area contributed by atoms with Crippen LogP contribution in [0.4, 0.5) is 0 Å². The highest BCUT2D eigenvalue weighted by Gasteiger charge is 2.18. The molecule has 0 fully saturated rings. The van der Waals surface area contributed by atoms with Crippen LogP contribution in [0.15, 0.2) is 48.8 Å². The molecule has 0 saturated carbocycles. The molecule has 1 aliphatic heterocycles. The third kappa shape index (κ3) is 3.94. The minimum absolute atomic E-state index is 0.418. The van der Waals surface area contributed by atoms with E-state index in [2.05, 4.69) is 25.8 Å². The van der Waals surface area contributed by atoms with E-state index < -0.39 is 0 Å². The molecule has 6 nitrogen and oxygen atoms in total. The Kier molecular flexibility index (Phi) is 5.43.